The van der Waals surface area contributed by atoms with Gasteiger partial charge in [-0.25, -0.2) is 8.78 Å². The van der Waals surface area contributed by atoms with Crippen molar-refractivity contribution in [2.75, 3.05) is 6.61 Å². The van der Waals surface area contributed by atoms with Crippen molar-refractivity contribution in [3.8, 4) is 5.75 Å². The molecule has 0 aliphatic carbocycles. The molecule has 0 radical (unpaired) electrons. The van der Waals surface area contributed by atoms with E-state index in [1.54, 1.807) is 0 Å². The lowest BCUT2D eigenvalue weighted by Gasteiger charge is -2.08. The number of carbonyl (C=O) groups excluding carboxylic acids is 1. The van der Waals surface area contributed by atoms with E-state index in [1.807, 2.05) is 24.3 Å². The zero-order valence-corrected chi connectivity index (χ0v) is 13.9. The van der Waals surface area contributed by atoms with Crippen LogP contribution in [0, 0.1) is 11.6 Å². The predicted octanol–water partition coefficient (Wildman–Crippen LogP) is 4.20. The highest BCUT2D eigenvalue weighted by Gasteiger charge is 2.04. The van der Waals surface area contributed by atoms with Crippen LogP contribution >= 0.6 is 15.9 Å². The van der Waals surface area contributed by atoms with Gasteiger partial charge < -0.3 is 10.1 Å². The molecule has 0 saturated carbocycles. The van der Waals surface area contributed by atoms with E-state index in [0.717, 1.165) is 16.3 Å². The maximum atomic E-state index is 13.0. The largest absolute Gasteiger partial charge is 0.494 e. The zero-order chi connectivity index (χ0) is 16.7. The average Bonchev–Trinajstić information content (AvgIpc) is 2.49. The minimum absolute atomic E-state index is 0.0972. The SMILES string of the molecule is O=C(CCCOc1cccc(Br)c1)NCc1cc(F)cc(F)c1. The third-order valence-corrected chi connectivity index (χ3v) is 3.52. The van der Waals surface area contributed by atoms with Crippen molar-refractivity contribution in [3.63, 3.8) is 0 Å². The van der Waals surface area contributed by atoms with E-state index < -0.39 is 11.6 Å². The first-order chi connectivity index (χ1) is 11.0. The second-order valence-electron chi connectivity index (χ2n) is 4.96. The molecular formula is C17H16BrF2NO2. The summed E-state index contributed by atoms with van der Waals surface area (Å²) in [4.78, 5) is 11.7. The molecule has 1 N–H and O–H groups in total. The van der Waals surface area contributed by atoms with Gasteiger partial charge in [-0.05, 0) is 42.3 Å². The number of carbonyl (C=O) groups is 1. The summed E-state index contributed by atoms with van der Waals surface area (Å²) in [5.74, 6) is -0.768. The fraction of sp³-hybridized carbons (Fsp3) is 0.235. The van der Waals surface area contributed by atoms with Gasteiger partial charge in [0.25, 0.3) is 0 Å². The molecule has 6 heteroatoms. The van der Waals surface area contributed by atoms with Crippen LogP contribution in [-0.2, 0) is 11.3 Å². The molecule has 0 unspecified atom stereocenters. The maximum Gasteiger partial charge on any atom is 0.220 e. The number of nitrogens with one attached hydrogen (secondary N) is 1. The molecule has 0 heterocycles. The van der Waals surface area contributed by atoms with Gasteiger partial charge in [0.05, 0.1) is 6.61 Å². The zero-order valence-electron chi connectivity index (χ0n) is 12.3. The first-order valence-corrected chi connectivity index (χ1v) is 7.92. The summed E-state index contributed by atoms with van der Waals surface area (Å²) >= 11 is 3.35. The Labute approximate surface area is 141 Å². The number of ether oxygens (including phenoxy) is 1. The van der Waals surface area contributed by atoms with Crippen molar-refractivity contribution in [2.24, 2.45) is 0 Å². The van der Waals surface area contributed by atoms with Gasteiger partial charge in [-0.2, -0.15) is 0 Å². The minimum Gasteiger partial charge on any atom is -0.494 e. The molecule has 0 saturated heterocycles. The Morgan fingerprint density at radius 2 is 1.87 bits per heavy atom. The molecule has 0 aliphatic rings. The Bertz CT molecular complexity index is 659. The van der Waals surface area contributed by atoms with E-state index in [-0.39, 0.29) is 18.9 Å². The summed E-state index contributed by atoms with van der Waals surface area (Å²) in [5, 5.41) is 2.63. The summed E-state index contributed by atoms with van der Waals surface area (Å²) < 4.78 is 32.5. The molecule has 2 aromatic carbocycles. The Morgan fingerprint density at radius 3 is 2.57 bits per heavy atom. The van der Waals surface area contributed by atoms with Crippen LogP contribution in [0.5, 0.6) is 5.75 Å². The lowest BCUT2D eigenvalue weighted by Crippen LogP contribution is -2.23. The third kappa shape index (κ3) is 6.36. The molecular weight excluding hydrogens is 368 g/mol. The first kappa shape index (κ1) is 17.4. The number of benzene rings is 2. The number of hydrogen-bond donors (Lipinski definition) is 1. The van der Waals surface area contributed by atoms with Crippen LogP contribution in [0.25, 0.3) is 0 Å². The fourth-order valence-corrected chi connectivity index (χ4v) is 2.36. The molecule has 2 rings (SSSR count). The number of amides is 1. The van der Waals surface area contributed by atoms with Crippen LogP contribution in [0.15, 0.2) is 46.9 Å². The Kier molecular flexibility index (Phi) is 6.52. The molecule has 0 aromatic heterocycles. The monoisotopic (exact) mass is 383 g/mol. The highest BCUT2D eigenvalue weighted by atomic mass is 79.9. The van der Waals surface area contributed by atoms with Crippen LogP contribution in [0.1, 0.15) is 18.4 Å². The molecule has 3 nitrogen and oxygen atoms in total. The standard InChI is InChI=1S/C17H16BrF2NO2/c18-13-3-1-4-16(9-13)23-6-2-5-17(22)21-11-12-7-14(19)10-15(20)8-12/h1,3-4,7-10H,2,5-6,11H2,(H,21,22). The Hall–Kier alpha value is -1.95. The highest BCUT2D eigenvalue weighted by Crippen LogP contribution is 2.17. The van der Waals surface area contributed by atoms with Crippen molar-refractivity contribution >= 4 is 21.8 Å². The van der Waals surface area contributed by atoms with Crippen molar-refractivity contribution in [1.82, 2.24) is 5.32 Å². The summed E-state index contributed by atoms with van der Waals surface area (Å²) in [6.45, 7) is 0.512. The lowest BCUT2D eigenvalue weighted by atomic mass is 10.2. The summed E-state index contributed by atoms with van der Waals surface area (Å²) in [5.41, 5.74) is 0.390. The maximum absolute atomic E-state index is 13.0. The van der Waals surface area contributed by atoms with E-state index in [2.05, 4.69) is 21.2 Å². The molecule has 0 atom stereocenters. The van der Waals surface area contributed by atoms with Gasteiger partial charge in [0.15, 0.2) is 0 Å². The van der Waals surface area contributed by atoms with E-state index in [0.29, 0.717) is 18.6 Å². The van der Waals surface area contributed by atoms with Gasteiger partial charge in [-0.1, -0.05) is 22.0 Å². The normalized spacial score (nSPS) is 10.4. The molecule has 0 bridgehead atoms. The minimum atomic E-state index is -0.656. The highest BCUT2D eigenvalue weighted by molar-refractivity contribution is 9.10. The van der Waals surface area contributed by atoms with Gasteiger partial charge in [0, 0.05) is 23.5 Å². The van der Waals surface area contributed by atoms with E-state index in [4.69, 9.17) is 4.74 Å². The fourth-order valence-electron chi connectivity index (χ4n) is 1.98. The number of rotatable bonds is 7. The second kappa shape index (κ2) is 8.62. The van der Waals surface area contributed by atoms with Gasteiger partial charge in [0.2, 0.25) is 5.91 Å². The first-order valence-electron chi connectivity index (χ1n) is 7.13. The Morgan fingerprint density at radius 1 is 1.13 bits per heavy atom. The van der Waals surface area contributed by atoms with Gasteiger partial charge >= 0.3 is 0 Å². The van der Waals surface area contributed by atoms with Crippen molar-refractivity contribution in [3.05, 3.63) is 64.1 Å². The average molecular weight is 384 g/mol. The summed E-state index contributed by atoms with van der Waals surface area (Å²) in [7, 11) is 0. The quantitative estimate of drug-likeness (QED) is 0.727. The van der Waals surface area contributed by atoms with Crippen LogP contribution in [0.3, 0.4) is 0 Å². The van der Waals surface area contributed by atoms with Crippen molar-refractivity contribution in [1.29, 1.82) is 0 Å². The third-order valence-electron chi connectivity index (χ3n) is 3.03. The molecule has 23 heavy (non-hydrogen) atoms. The topological polar surface area (TPSA) is 38.3 Å². The predicted molar refractivity (Wildman–Crippen MR) is 87.1 cm³/mol. The lowest BCUT2D eigenvalue weighted by molar-refractivity contribution is -0.121. The number of halogens is 3. The summed E-state index contributed by atoms with van der Waals surface area (Å²) in [6.07, 6.45) is 0.835. The molecule has 0 fully saturated rings. The molecule has 0 spiro atoms. The molecule has 0 aliphatic heterocycles. The van der Waals surface area contributed by atoms with E-state index >= 15 is 0 Å². The Balaban J connectivity index is 1.67. The summed E-state index contributed by atoms with van der Waals surface area (Å²) in [6, 6.07) is 10.6. The second-order valence-corrected chi connectivity index (χ2v) is 5.88. The van der Waals surface area contributed by atoms with E-state index in [1.165, 1.54) is 12.1 Å². The van der Waals surface area contributed by atoms with Crippen LogP contribution in [-0.4, -0.2) is 12.5 Å². The van der Waals surface area contributed by atoms with Gasteiger partial charge in [-0.15, -0.1) is 0 Å². The van der Waals surface area contributed by atoms with Crippen LogP contribution in [0.2, 0.25) is 0 Å². The van der Waals surface area contributed by atoms with Gasteiger partial charge in [0.1, 0.15) is 17.4 Å². The smallest absolute Gasteiger partial charge is 0.220 e. The molecule has 2 aromatic rings. The molecule has 1 amide bonds. The van der Waals surface area contributed by atoms with Crippen molar-refractivity contribution < 1.29 is 18.3 Å². The van der Waals surface area contributed by atoms with Crippen LogP contribution < -0.4 is 10.1 Å². The van der Waals surface area contributed by atoms with E-state index in [9.17, 15) is 13.6 Å². The van der Waals surface area contributed by atoms with Gasteiger partial charge in [-0.3, -0.25) is 4.79 Å². The van der Waals surface area contributed by atoms with Crippen LogP contribution in [0.4, 0.5) is 8.78 Å². The van der Waals surface area contributed by atoms with Crippen molar-refractivity contribution in [2.45, 2.75) is 19.4 Å². The number of hydrogen-bond acceptors (Lipinski definition) is 2. The molecule has 122 valence electrons.